The molecular weight excluding hydrogens is 286 g/mol. The summed E-state index contributed by atoms with van der Waals surface area (Å²) in [6, 6.07) is 0. The molecule has 0 aromatic heterocycles. The van der Waals surface area contributed by atoms with E-state index in [-0.39, 0.29) is 6.54 Å². The molecule has 0 radical (unpaired) electrons. The third-order valence-electron chi connectivity index (χ3n) is 1.67. The van der Waals surface area contributed by atoms with Crippen molar-refractivity contribution < 1.29 is 38.5 Å². The number of carbonyl (C=O) groups is 4. The molecule has 0 spiro atoms. The molecule has 0 fully saturated rings. The molecule has 0 aliphatic rings. The predicted octanol–water partition coefficient (Wildman–Crippen LogP) is -0.911. The maximum absolute atomic E-state index is 11.2. The molecule has 0 aliphatic carbocycles. The molecule has 0 amide bonds. The second-order valence-corrected chi connectivity index (χ2v) is 4.91. The number of nitrogens with one attached hydrogen (secondary N) is 1. The molecule has 9 heteroatoms. The fraction of sp³-hybridized carbons (Fsp3) is 0.667. The van der Waals surface area contributed by atoms with E-state index in [9.17, 15) is 19.2 Å². The van der Waals surface area contributed by atoms with E-state index in [1.54, 1.807) is 20.8 Å². The highest BCUT2D eigenvalue weighted by atomic mass is 16.6. The summed E-state index contributed by atoms with van der Waals surface area (Å²) in [7, 11) is 0. The SMILES string of the molecule is CC(C)(C)OC(=O)COC(=O)COC(=O)CNCC(=O)O. The van der Waals surface area contributed by atoms with Crippen LogP contribution in [0.3, 0.4) is 0 Å². The van der Waals surface area contributed by atoms with Crippen molar-refractivity contribution in [3.05, 3.63) is 0 Å². The summed E-state index contributed by atoms with van der Waals surface area (Å²) in [6.45, 7) is 2.99. The Balaban J connectivity index is 3.78. The van der Waals surface area contributed by atoms with Crippen LogP contribution in [0.4, 0.5) is 0 Å². The van der Waals surface area contributed by atoms with Crippen molar-refractivity contribution in [2.75, 3.05) is 26.3 Å². The van der Waals surface area contributed by atoms with Crippen molar-refractivity contribution in [2.45, 2.75) is 26.4 Å². The van der Waals surface area contributed by atoms with Gasteiger partial charge in [0.15, 0.2) is 13.2 Å². The molecule has 0 rings (SSSR count). The Morgan fingerprint density at radius 2 is 1.43 bits per heavy atom. The van der Waals surface area contributed by atoms with Crippen LogP contribution in [0.5, 0.6) is 0 Å². The standard InChI is InChI=1S/C12H19NO8/c1-12(2,3)21-11(18)7-20-10(17)6-19-9(16)5-13-4-8(14)15/h13H,4-7H2,1-3H3,(H,14,15). The fourth-order valence-electron chi connectivity index (χ4n) is 1.01. The van der Waals surface area contributed by atoms with Crippen molar-refractivity contribution in [1.29, 1.82) is 0 Å². The summed E-state index contributed by atoms with van der Waals surface area (Å²) < 4.78 is 13.9. The summed E-state index contributed by atoms with van der Waals surface area (Å²) in [5.41, 5.74) is -0.689. The van der Waals surface area contributed by atoms with Crippen LogP contribution in [-0.4, -0.2) is 60.9 Å². The number of carboxylic acid groups (broad SMARTS) is 1. The smallest absolute Gasteiger partial charge is 0.344 e. The Morgan fingerprint density at radius 3 is 1.95 bits per heavy atom. The Bertz CT molecular complexity index is 399. The lowest BCUT2D eigenvalue weighted by atomic mass is 10.2. The van der Waals surface area contributed by atoms with E-state index < -0.39 is 49.2 Å². The van der Waals surface area contributed by atoms with E-state index in [4.69, 9.17) is 9.84 Å². The zero-order chi connectivity index (χ0) is 16.5. The van der Waals surface area contributed by atoms with Gasteiger partial charge < -0.3 is 19.3 Å². The average molecular weight is 305 g/mol. The van der Waals surface area contributed by atoms with Crippen molar-refractivity contribution >= 4 is 23.9 Å². The van der Waals surface area contributed by atoms with Crippen molar-refractivity contribution in [1.82, 2.24) is 5.32 Å². The first-order valence-corrected chi connectivity index (χ1v) is 6.06. The minimum Gasteiger partial charge on any atom is -0.480 e. The van der Waals surface area contributed by atoms with E-state index in [1.165, 1.54) is 0 Å². The van der Waals surface area contributed by atoms with Crippen LogP contribution >= 0.6 is 0 Å². The molecule has 9 nitrogen and oxygen atoms in total. The highest BCUT2D eigenvalue weighted by Crippen LogP contribution is 2.06. The number of rotatable bonds is 8. The van der Waals surface area contributed by atoms with Crippen LogP contribution in [0.1, 0.15) is 20.8 Å². The monoisotopic (exact) mass is 305 g/mol. The van der Waals surface area contributed by atoms with E-state index in [2.05, 4.69) is 14.8 Å². The second kappa shape index (κ2) is 8.90. The maximum atomic E-state index is 11.2. The summed E-state index contributed by atoms with van der Waals surface area (Å²) in [5, 5.41) is 10.6. The molecule has 21 heavy (non-hydrogen) atoms. The van der Waals surface area contributed by atoms with Gasteiger partial charge in [-0.25, -0.2) is 9.59 Å². The molecule has 120 valence electrons. The third kappa shape index (κ3) is 12.6. The van der Waals surface area contributed by atoms with E-state index >= 15 is 0 Å². The lowest BCUT2D eigenvalue weighted by Gasteiger charge is -2.19. The van der Waals surface area contributed by atoms with Crippen LogP contribution < -0.4 is 5.32 Å². The zero-order valence-electron chi connectivity index (χ0n) is 12.1. The number of esters is 3. The highest BCUT2D eigenvalue weighted by Gasteiger charge is 2.18. The topological polar surface area (TPSA) is 128 Å². The van der Waals surface area contributed by atoms with Crippen molar-refractivity contribution in [3.8, 4) is 0 Å². The second-order valence-electron chi connectivity index (χ2n) is 4.91. The summed E-state index contributed by atoms with van der Waals surface area (Å²) >= 11 is 0. The number of hydrogen-bond donors (Lipinski definition) is 2. The molecule has 0 aromatic carbocycles. The van der Waals surface area contributed by atoms with Crippen LogP contribution in [0.15, 0.2) is 0 Å². The van der Waals surface area contributed by atoms with Gasteiger partial charge in [0.1, 0.15) is 5.60 Å². The number of carboxylic acids is 1. The lowest BCUT2D eigenvalue weighted by molar-refractivity contribution is -0.169. The van der Waals surface area contributed by atoms with E-state index in [0.717, 1.165) is 0 Å². The first kappa shape index (κ1) is 18.8. The minimum absolute atomic E-state index is 0.356. The summed E-state index contributed by atoms with van der Waals surface area (Å²) in [4.78, 5) is 43.7. The normalized spacial score (nSPS) is 10.6. The van der Waals surface area contributed by atoms with Crippen LogP contribution in [0.25, 0.3) is 0 Å². The van der Waals surface area contributed by atoms with Gasteiger partial charge in [-0.05, 0) is 20.8 Å². The van der Waals surface area contributed by atoms with Crippen LogP contribution in [0.2, 0.25) is 0 Å². The molecule has 0 saturated carbocycles. The first-order valence-electron chi connectivity index (χ1n) is 6.06. The Kier molecular flexibility index (Phi) is 7.99. The zero-order valence-corrected chi connectivity index (χ0v) is 12.1. The number of aliphatic carboxylic acids is 1. The number of hydrogen-bond acceptors (Lipinski definition) is 8. The largest absolute Gasteiger partial charge is 0.480 e. The molecule has 2 N–H and O–H groups in total. The van der Waals surface area contributed by atoms with Gasteiger partial charge in [-0.3, -0.25) is 14.9 Å². The maximum Gasteiger partial charge on any atom is 0.344 e. The number of carbonyl (C=O) groups excluding carboxylic acids is 3. The van der Waals surface area contributed by atoms with Gasteiger partial charge in [0.05, 0.1) is 13.1 Å². The summed E-state index contributed by atoms with van der Waals surface area (Å²) in [6.07, 6.45) is 0. The Hall–Kier alpha value is -2.16. The predicted molar refractivity (Wildman–Crippen MR) is 68.3 cm³/mol. The van der Waals surface area contributed by atoms with Crippen molar-refractivity contribution in [3.63, 3.8) is 0 Å². The molecule has 0 atom stereocenters. The minimum atomic E-state index is -1.13. The van der Waals surface area contributed by atoms with Gasteiger partial charge in [-0.1, -0.05) is 0 Å². The molecule has 0 heterocycles. The molecule has 0 bridgehead atoms. The van der Waals surface area contributed by atoms with Crippen LogP contribution in [0, 0.1) is 0 Å². The van der Waals surface area contributed by atoms with Gasteiger partial charge in [0.2, 0.25) is 0 Å². The molecular formula is C12H19NO8. The summed E-state index contributed by atoms with van der Waals surface area (Å²) in [5.74, 6) is -3.57. The fourth-order valence-corrected chi connectivity index (χ4v) is 1.01. The van der Waals surface area contributed by atoms with Gasteiger partial charge in [0.25, 0.3) is 0 Å². The lowest BCUT2D eigenvalue weighted by Crippen LogP contribution is -2.31. The molecule has 0 aromatic rings. The average Bonchev–Trinajstić information content (AvgIpc) is 2.31. The van der Waals surface area contributed by atoms with Crippen molar-refractivity contribution in [2.24, 2.45) is 0 Å². The van der Waals surface area contributed by atoms with Gasteiger partial charge in [-0.15, -0.1) is 0 Å². The first-order chi connectivity index (χ1) is 9.60. The molecule has 0 aliphatic heterocycles. The van der Waals surface area contributed by atoms with Gasteiger partial charge in [0, 0.05) is 0 Å². The highest BCUT2D eigenvalue weighted by molar-refractivity contribution is 5.80. The molecule has 0 unspecified atom stereocenters. The Morgan fingerprint density at radius 1 is 0.905 bits per heavy atom. The number of ether oxygens (including phenoxy) is 3. The quantitative estimate of drug-likeness (QED) is 0.432. The Labute approximate surface area is 121 Å². The van der Waals surface area contributed by atoms with E-state index in [1.807, 2.05) is 0 Å². The van der Waals surface area contributed by atoms with Crippen LogP contribution in [-0.2, 0) is 33.4 Å². The van der Waals surface area contributed by atoms with Gasteiger partial charge in [-0.2, -0.15) is 0 Å². The van der Waals surface area contributed by atoms with E-state index in [0.29, 0.717) is 0 Å². The third-order valence-corrected chi connectivity index (χ3v) is 1.67. The molecule has 0 saturated heterocycles. The van der Waals surface area contributed by atoms with Gasteiger partial charge >= 0.3 is 23.9 Å².